The molecule has 1 aliphatic heterocycles. The number of benzene rings is 3. The van der Waals surface area contributed by atoms with E-state index in [4.69, 9.17) is 16.3 Å². The molecule has 0 N–H and O–H groups in total. The van der Waals surface area contributed by atoms with Crippen molar-refractivity contribution in [2.75, 3.05) is 19.6 Å². The van der Waals surface area contributed by atoms with Crippen LogP contribution in [0.3, 0.4) is 0 Å². The second-order valence-electron chi connectivity index (χ2n) is 8.98. The van der Waals surface area contributed by atoms with Gasteiger partial charge < -0.3 is 19.3 Å². The lowest BCUT2D eigenvalue weighted by Gasteiger charge is -2.39. The normalized spacial score (nSPS) is 17.0. The average Bonchev–Trinajstić information content (AvgIpc) is 3.37. The highest BCUT2D eigenvalue weighted by Gasteiger charge is 2.46. The van der Waals surface area contributed by atoms with Crippen LogP contribution in [0.15, 0.2) is 78.9 Å². The fourth-order valence-corrected chi connectivity index (χ4v) is 4.66. The molecule has 0 aliphatic carbocycles. The zero-order valence-corrected chi connectivity index (χ0v) is 21.3. The Morgan fingerprint density at radius 3 is 2.28 bits per heavy atom. The maximum absolute atomic E-state index is 13.1. The Balaban J connectivity index is 1.53. The Bertz CT molecular complexity index is 1300. The summed E-state index contributed by atoms with van der Waals surface area (Å²) in [7, 11) is 0. The molecule has 1 saturated heterocycles. The van der Waals surface area contributed by atoms with E-state index in [1.54, 1.807) is 24.3 Å². The second kappa shape index (κ2) is 11.8. The summed E-state index contributed by atoms with van der Waals surface area (Å²) in [5.74, 6) is -0.969. The van der Waals surface area contributed by atoms with Crippen LogP contribution in [0, 0.1) is 0 Å². The molecule has 1 fully saturated rings. The molecule has 3 aromatic carbocycles. The van der Waals surface area contributed by atoms with Gasteiger partial charge in [-0.3, -0.25) is 9.59 Å². The van der Waals surface area contributed by atoms with Crippen molar-refractivity contribution in [3.05, 3.63) is 101 Å². The van der Waals surface area contributed by atoms with Crippen LogP contribution in [-0.2, 0) is 21.7 Å². The lowest BCUT2D eigenvalue weighted by molar-refractivity contribution is -0.274. The van der Waals surface area contributed by atoms with Gasteiger partial charge in [0, 0.05) is 17.1 Å². The number of hydrogen-bond acceptors (Lipinski definition) is 5. The van der Waals surface area contributed by atoms with Crippen LogP contribution in [0.5, 0.6) is 5.75 Å². The number of hydrogen-bond donors (Lipinski definition) is 0. The van der Waals surface area contributed by atoms with E-state index in [0.29, 0.717) is 23.4 Å². The number of rotatable bonds is 9. The van der Waals surface area contributed by atoms with Gasteiger partial charge in [-0.25, -0.2) is 4.79 Å². The third-order valence-electron chi connectivity index (χ3n) is 6.49. The molecule has 3 aromatic rings. The predicted molar refractivity (Wildman–Crippen MR) is 136 cm³/mol. The molecule has 204 valence electrons. The van der Waals surface area contributed by atoms with Gasteiger partial charge in [0.2, 0.25) is 6.41 Å². The van der Waals surface area contributed by atoms with Crippen LogP contribution in [0.25, 0.3) is 0 Å². The third kappa shape index (κ3) is 6.88. The molecule has 1 heterocycles. The van der Waals surface area contributed by atoms with Crippen molar-refractivity contribution in [1.82, 2.24) is 9.80 Å². The largest absolute Gasteiger partial charge is 0.573 e. The average molecular weight is 561 g/mol. The van der Waals surface area contributed by atoms with Crippen LogP contribution in [0.4, 0.5) is 18.0 Å². The fraction of sp³-hybridized carbons (Fsp3) is 0.250. The van der Waals surface area contributed by atoms with Gasteiger partial charge >= 0.3 is 12.5 Å². The molecule has 1 unspecified atom stereocenters. The molecule has 39 heavy (non-hydrogen) atoms. The summed E-state index contributed by atoms with van der Waals surface area (Å²) in [5.41, 5.74) is 0.521. The van der Waals surface area contributed by atoms with Crippen molar-refractivity contribution >= 4 is 29.9 Å². The summed E-state index contributed by atoms with van der Waals surface area (Å²) in [6.45, 7) is 0.0252. The van der Waals surface area contributed by atoms with Crippen molar-refractivity contribution in [2.45, 2.75) is 24.9 Å². The number of amides is 2. The first-order valence-corrected chi connectivity index (χ1v) is 12.3. The first-order valence-electron chi connectivity index (χ1n) is 11.9. The number of Topliss-reactive ketones (excluding diaryl/α,β-unsaturated/α-hetero) is 1. The summed E-state index contributed by atoms with van der Waals surface area (Å²) in [6, 6.07) is 20.4. The van der Waals surface area contributed by atoms with Gasteiger partial charge in [-0.2, -0.15) is 0 Å². The topological polar surface area (TPSA) is 76.2 Å². The van der Waals surface area contributed by atoms with E-state index in [0.717, 1.165) is 17.7 Å². The molecule has 0 bridgehead atoms. The Morgan fingerprint density at radius 1 is 1.00 bits per heavy atom. The monoisotopic (exact) mass is 560 g/mol. The lowest BCUT2D eigenvalue weighted by atomic mass is 9.87. The minimum Gasteiger partial charge on any atom is -0.445 e. The quantitative estimate of drug-likeness (QED) is 0.244. The Kier molecular flexibility index (Phi) is 8.44. The number of nitrogens with zero attached hydrogens (tertiary/aromatic N) is 2. The number of ether oxygens (including phenoxy) is 2. The van der Waals surface area contributed by atoms with Crippen LogP contribution in [0.2, 0.25) is 5.02 Å². The van der Waals surface area contributed by atoms with Gasteiger partial charge in [0.05, 0.1) is 18.6 Å². The molecule has 4 rings (SSSR count). The van der Waals surface area contributed by atoms with E-state index < -0.39 is 29.5 Å². The summed E-state index contributed by atoms with van der Waals surface area (Å²) < 4.78 is 46.7. The SMILES string of the molecule is O=CN(CC(=O)c1ccc(OC(F)(F)F)cc1)C1(c2ccc(Cl)cc2)CCN(C(=O)OCc2ccccc2)C1. The minimum absolute atomic E-state index is 0.0621. The van der Waals surface area contributed by atoms with E-state index >= 15 is 0 Å². The molecule has 11 heteroatoms. The van der Waals surface area contributed by atoms with Crippen LogP contribution in [-0.4, -0.2) is 54.1 Å². The number of likely N-dealkylation sites (tertiary alicyclic amines) is 1. The van der Waals surface area contributed by atoms with E-state index in [1.165, 1.54) is 21.9 Å². The second-order valence-corrected chi connectivity index (χ2v) is 9.42. The molecule has 0 saturated carbocycles. The van der Waals surface area contributed by atoms with Crippen molar-refractivity contribution in [1.29, 1.82) is 0 Å². The van der Waals surface area contributed by atoms with Crippen molar-refractivity contribution in [3.8, 4) is 5.75 Å². The van der Waals surface area contributed by atoms with Crippen molar-refractivity contribution < 1.29 is 37.0 Å². The molecule has 0 aromatic heterocycles. The molecule has 2 amide bonds. The molecule has 7 nitrogen and oxygen atoms in total. The summed E-state index contributed by atoms with van der Waals surface area (Å²) >= 11 is 6.07. The molecule has 0 radical (unpaired) electrons. The van der Waals surface area contributed by atoms with E-state index in [2.05, 4.69) is 4.74 Å². The van der Waals surface area contributed by atoms with E-state index in [9.17, 15) is 27.6 Å². The highest BCUT2D eigenvalue weighted by atomic mass is 35.5. The number of carbonyl (C=O) groups excluding carboxylic acids is 3. The first kappa shape index (κ1) is 28.0. The maximum Gasteiger partial charge on any atom is 0.573 e. The Labute approximate surface area is 227 Å². The standard InChI is InChI=1S/C28H24ClF3N2O5/c29-23-10-8-22(9-11-23)27(14-15-33(18-27)26(37)38-17-20-4-2-1-3-5-20)34(19-35)16-25(36)21-6-12-24(13-7-21)39-28(30,31)32/h1-13,19H,14-18H2. The van der Waals surface area contributed by atoms with Gasteiger partial charge in [-0.05, 0) is 53.9 Å². The number of carbonyl (C=O) groups is 3. The lowest BCUT2D eigenvalue weighted by Crippen LogP contribution is -2.50. The number of halogens is 4. The Hall–Kier alpha value is -4.05. The van der Waals surface area contributed by atoms with Gasteiger partial charge in [0.15, 0.2) is 5.78 Å². The third-order valence-corrected chi connectivity index (χ3v) is 6.75. The van der Waals surface area contributed by atoms with Gasteiger partial charge in [-0.15, -0.1) is 13.2 Å². The zero-order chi connectivity index (χ0) is 28.0. The summed E-state index contributed by atoms with van der Waals surface area (Å²) in [4.78, 5) is 41.1. The molecular formula is C28H24ClF3N2O5. The summed E-state index contributed by atoms with van der Waals surface area (Å²) in [5, 5.41) is 0.473. The van der Waals surface area contributed by atoms with Gasteiger partial charge in [0.25, 0.3) is 0 Å². The smallest absolute Gasteiger partial charge is 0.445 e. The van der Waals surface area contributed by atoms with Crippen LogP contribution in [0.1, 0.15) is 27.9 Å². The molecule has 1 aliphatic rings. The number of ketones is 1. The van der Waals surface area contributed by atoms with Gasteiger partial charge in [-0.1, -0.05) is 54.1 Å². The molecule has 0 spiro atoms. The Morgan fingerprint density at radius 2 is 1.67 bits per heavy atom. The van der Waals surface area contributed by atoms with Crippen LogP contribution < -0.4 is 4.74 Å². The predicted octanol–water partition coefficient (Wildman–Crippen LogP) is 5.82. The highest BCUT2D eigenvalue weighted by molar-refractivity contribution is 6.30. The fourth-order valence-electron chi connectivity index (χ4n) is 4.53. The molecule has 1 atom stereocenters. The minimum atomic E-state index is -4.86. The highest BCUT2D eigenvalue weighted by Crippen LogP contribution is 2.38. The zero-order valence-electron chi connectivity index (χ0n) is 20.6. The van der Waals surface area contributed by atoms with Gasteiger partial charge in [0.1, 0.15) is 12.4 Å². The van der Waals surface area contributed by atoms with E-state index in [1.807, 2.05) is 30.3 Å². The maximum atomic E-state index is 13.1. The van der Waals surface area contributed by atoms with Crippen molar-refractivity contribution in [2.24, 2.45) is 0 Å². The summed E-state index contributed by atoms with van der Waals surface area (Å²) in [6.07, 6.45) is -4.57. The van der Waals surface area contributed by atoms with E-state index in [-0.39, 0.29) is 31.8 Å². The van der Waals surface area contributed by atoms with Crippen molar-refractivity contribution in [3.63, 3.8) is 0 Å². The number of alkyl halides is 3. The molecular weight excluding hydrogens is 537 g/mol. The van der Waals surface area contributed by atoms with Crippen LogP contribution >= 0.6 is 11.6 Å². The first-order chi connectivity index (χ1) is 18.6.